The number of nitrogens with one attached hydrogen (secondary N) is 1. The van der Waals surface area contributed by atoms with Crippen molar-refractivity contribution in [1.29, 1.82) is 0 Å². The van der Waals surface area contributed by atoms with Crippen LogP contribution in [0.25, 0.3) is 11.4 Å². The van der Waals surface area contributed by atoms with Crippen molar-refractivity contribution in [2.45, 2.75) is 26.7 Å². The fraction of sp³-hybridized carbons (Fsp3) is 0.571. The zero-order valence-corrected chi connectivity index (χ0v) is 12.0. The first kappa shape index (κ1) is 13.2. The molecule has 0 atom stereocenters. The van der Waals surface area contributed by atoms with E-state index in [0.29, 0.717) is 0 Å². The van der Waals surface area contributed by atoms with Crippen LogP contribution in [0.4, 0.5) is 5.95 Å². The summed E-state index contributed by atoms with van der Waals surface area (Å²) in [7, 11) is 0. The number of aryl methyl sites for hydroxylation is 1. The molecule has 3 N–H and O–H groups in total. The first-order valence-corrected chi connectivity index (χ1v) is 7.03. The van der Waals surface area contributed by atoms with Gasteiger partial charge in [0.25, 0.3) is 0 Å². The largest absolute Gasteiger partial charge is 0.469 e. The highest BCUT2D eigenvalue weighted by molar-refractivity contribution is 5.58. The summed E-state index contributed by atoms with van der Waals surface area (Å²) < 4.78 is 5.30. The third-order valence-corrected chi connectivity index (χ3v) is 4.33. The van der Waals surface area contributed by atoms with Gasteiger partial charge in [-0.25, -0.2) is 0 Å². The first-order chi connectivity index (χ1) is 9.61. The highest BCUT2D eigenvalue weighted by atomic mass is 16.3. The number of anilines is 1. The molecule has 3 rings (SSSR count). The van der Waals surface area contributed by atoms with Gasteiger partial charge >= 0.3 is 0 Å². The SMILES string of the molecule is Cc1occc1-c1nc(N2CCC(C)(CN)CC2)n[nH]1. The summed E-state index contributed by atoms with van der Waals surface area (Å²) in [4.78, 5) is 6.79. The van der Waals surface area contributed by atoms with Crippen molar-refractivity contribution in [3.05, 3.63) is 18.1 Å². The molecule has 20 heavy (non-hydrogen) atoms. The van der Waals surface area contributed by atoms with Crippen molar-refractivity contribution < 1.29 is 4.42 Å². The third kappa shape index (κ3) is 2.31. The summed E-state index contributed by atoms with van der Waals surface area (Å²) in [5.41, 5.74) is 7.07. The molecule has 1 aliphatic rings. The van der Waals surface area contributed by atoms with Crippen LogP contribution in [-0.2, 0) is 0 Å². The molecule has 0 bridgehead atoms. The summed E-state index contributed by atoms with van der Waals surface area (Å²) in [5, 5.41) is 7.32. The van der Waals surface area contributed by atoms with E-state index in [4.69, 9.17) is 10.2 Å². The quantitative estimate of drug-likeness (QED) is 0.894. The van der Waals surface area contributed by atoms with Crippen molar-refractivity contribution in [2.75, 3.05) is 24.5 Å². The molecule has 6 nitrogen and oxygen atoms in total. The van der Waals surface area contributed by atoms with Crippen LogP contribution >= 0.6 is 0 Å². The minimum Gasteiger partial charge on any atom is -0.469 e. The molecule has 0 radical (unpaired) electrons. The van der Waals surface area contributed by atoms with E-state index in [2.05, 4.69) is 27.0 Å². The fourth-order valence-electron chi connectivity index (χ4n) is 2.60. The molecule has 0 saturated carbocycles. The standard InChI is InChI=1S/C14H21N5O/c1-10-11(3-8-20-10)12-16-13(18-17-12)19-6-4-14(2,9-15)5-7-19/h3,8H,4-7,9,15H2,1-2H3,(H,16,17,18). The summed E-state index contributed by atoms with van der Waals surface area (Å²) in [6.45, 7) is 6.83. The Balaban J connectivity index is 1.74. The zero-order chi connectivity index (χ0) is 14.2. The van der Waals surface area contributed by atoms with E-state index in [1.165, 1.54) is 0 Å². The Kier molecular flexibility index (Phi) is 3.25. The molecule has 1 fully saturated rings. The second kappa shape index (κ2) is 4.94. The third-order valence-electron chi connectivity index (χ3n) is 4.33. The lowest BCUT2D eigenvalue weighted by molar-refractivity contribution is 0.257. The maximum absolute atomic E-state index is 5.84. The Morgan fingerprint density at radius 2 is 2.20 bits per heavy atom. The van der Waals surface area contributed by atoms with Crippen molar-refractivity contribution in [3.8, 4) is 11.4 Å². The second-order valence-electron chi connectivity index (χ2n) is 5.88. The minimum atomic E-state index is 0.261. The number of nitrogens with two attached hydrogens (primary N) is 1. The number of aromatic nitrogens is 3. The molecule has 1 aliphatic heterocycles. The Hall–Kier alpha value is -1.82. The average Bonchev–Trinajstić information content (AvgIpc) is 3.08. The normalized spacial score (nSPS) is 18.4. The van der Waals surface area contributed by atoms with Gasteiger partial charge in [0, 0.05) is 13.1 Å². The Morgan fingerprint density at radius 3 is 2.80 bits per heavy atom. The van der Waals surface area contributed by atoms with E-state index in [1.807, 2.05) is 13.0 Å². The van der Waals surface area contributed by atoms with Crippen molar-refractivity contribution in [3.63, 3.8) is 0 Å². The predicted octanol–water partition coefficient (Wildman–Crippen LogP) is 1.94. The number of rotatable bonds is 3. The van der Waals surface area contributed by atoms with Gasteiger partial charge in [-0.15, -0.1) is 5.10 Å². The van der Waals surface area contributed by atoms with Crippen LogP contribution in [-0.4, -0.2) is 34.8 Å². The molecule has 6 heteroatoms. The van der Waals surface area contributed by atoms with Crippen molar-refractivity contribution in [2.24, 2.45) is 11.1 Å². The van der Waals surface area contributed by atoms with Crippen LogP contribution in [0.5, 0.6) is 0 Å². The zero-order valence-electron chi connectivity index (χ0n) is 12.0. The molecule has 0 amide bonds. The molecule has 108 valence electrons. The predicted molar refractivity (Wildman–Crippen MR) is 77.4 cm³/mol. The van der Waals surface area contributed by atoms with Crippen LogP contribution in [0.1, 0.15) is 25.5 Å². The van der Waals surface area contributed by atoms with E-state index in [-0.39, 0.29) is 5.41 Å². The molecule has 0 spiro atoms. The summed E-state index contributed by atoms with van der Waals surface area (Å²) in [6.07, 6.45) is 3.83. The first-order valence-electron chi connectivity index (χ1n) is 7.03. The lowest BCUT2D eigenvalue weighted by Gasteiger charge is -2.38. The number of nitrogens with zero attached hydrogens (tertiary/aromatic N) is 3. The molecular weight excluding hydrogens is 254 g/mol. The van der Waals surface area contributed by atoms with Gasteiger partial charge in [-0.1, -0.05) is 6.92 Å². The molecule has 1 saturated heterocycles. The molecule has 2 aromatic rings. The van der Waals surface area contributed by atoms with E-state index in [9.17, 15) is 0 Å². The van der Waals surface area contributed by atoms with E-state index < -0.39 is 0 Å². The van der Waals surface area contributed by atoms with Gasteiger partial charge in [0.2, 0.25) is 5.95 Å². The van der Waals surface area contributed by atoms with E-state index >= 15 is 0 Å². The average molecular weight is 275 g/mol. The van der Waals surface area contributed by atoms with Gasteiger partial charge in [-0.3, -0.25) is 5.10 Å². The molecule has 0 aromatic carbocycles. The lowest BCUT2D eigenvalue weighted by atomic mass is 9.81. The van der Waals surface area contributed by atoms with E-state index in [0.717, 1.165) is 55.6 Å². The molecule has 3 heterocycles. The number of furan rings is 1. The van der Waals surface area contributed by atoms with E-state index in [1.54, 1.807) is 6.26 Å². The summed E-state index contributed by atoms with van der Waals surface area (Å²) in [6, 6.07) is 1.90. The van der Waals surface area contributed by atoms with Crippen molar-refractivity contribution >= 4 is 5.95 Å². The monoisotopic (exact) mass is 275 g/mol. The minimum absolute atomic E-state index is 0.261. The molecule has 2 aromatic heterocycles. The summed E-state index contributed by atoms with van der Waals surface area (Å²) >= 11 is 0. The number of piperidine rings is 1. The highest BCUT2D eigenvalue weighted by Crippen LogP contribution is 2.31. The van der Waals surface area contributed by atoms with Gasteiger partial charge in [0.15, 0.2) is 5.82 Å². The van der Waals surface area contributed by atoms with Crippen molar-refractivity contribution in [1.82, 2.24) is 15.2 Å². The maximum Gasteiger partial charge on any atom is 0.245 e. The molecular formula is C14H21N5O. The fourth-order valence-corrected chi connectivity index (χ4v) is 2.60. The Bertz CT molecular complexity index is 580. The smallest absolute Gasteiger partial charge is 0.245 e. The topological polar surface area (TPSA) is 84.0 Å². The Labute approximate surface area is 118 Å². The Morgan fingerprint density at radius 1 is 1.45 bits per heavy atom. The highest BCUT2D eigenvalue weighted by Gasteiger charge is 2.30. The van der Waals surface area contributed by atoms with Crippen LogP contribution in [0.3, 0.4) is 0 Å². The molecule has 0 aliphatic carbocycles. The second-order valence-corrected chi connectivity index (χ2v) is 5.88. The molecule has 0 unspecified atom stereocenters. The van der Waals surface area contributed by atoms with Crippen LogP contribution in [0.15, 0.2) is 16.7 Å². The van der Waals surface area contributed by atoms with Crippen LogP contribution < -0.4 is 10.6 Å². The number of hydrogen-bond donors (Lipinski definition) is 2. The number of aromatic amines is 1. The van der Waals surface area contributed by atoms with Gasteiger partial charge in [-0.2, -0.15) is 4.98 Å². The van der Waals surface area contributed by atoms with Crippen LogP contribution in [0, 0.1) is 12.3 Å². The maximum atomic E-state index is 5.84. The lowest BCUT2D eigenvalue weighted by Crippen LogP contribution is -2.42. The van der Waals surface area contributed by atoms with Gasteiger partial charge in [0.05, 0.1) is 11.8 Å². The number of H-pyrrole nitrogens is 1. The van der Waals surface area contributed by atoms with Gasteiger partial charge < -0.3 is 15.1 Å². The van der Waals surface area contributed by atoms with Crippen LogP contribution in [0.2, 0.25) is 0 Å². The van der Waals surface area contributed by atoms with Gasteiger partial charge in [0.1, 0.15) is 5.76 Å². The number of hydrogen-bond acceptors (Lipinski definition) is 5. The van der Waals surface area contributed by atoms with Gasteiger partial charge in [-0.05, 0) is 37.8 Å². The summed E-state index contributed by atoms with van der Waals surface area (Å²) in [5.74, 6) is 2.38.